The second-order valence-electron chi connectivity index (χ2n) is 4.47. The number of hydrogen-bond donors (Lipinski definition) is 1. The van der Waals surface area contributed by atoms with Gasteiger partial charge in [-0.25, -0.2) is 8.78 Å². The van der Waals surface area contributed by atoms with Crippen molar-refractivity contribution in [1.82, 2.24) is 0 Å². The minimum Gasteiger partial charge on any atom is -0.388 e. The molecular formula is C12H15F2N. The SMILES string of the molecule is CNc1cccc(C(F)(F)C2(C)CC2)c1. The lowest BCUT2D eigenvalue weighted by Gasteiger charge is -2.24. The molecule has 1 aliphatic rings. The van der Waals surface area contributed by atoms with Crippen molar-refractivity contribution in [3.8, 4) is 0 Å². The zero-order chi connectivity index (χ0) is 11.1. The van der Waals surface area contributed by atoms with E-state index in [0.29, 0.717) is 12.8 Å². The lowest BCUT2D eigenvalue weighted by molar-refractivity contribution is -0.0723. The van der Waals surface area contributed by atoms with Gasteiger partial charge in [-0.3, -0.25) is 0 Å². The summed E-state index contributed by atoms with van der Waals surface area (Å²) in [5.74, 6) is -2.71. The lowest BCUT2D eigenvalue weighted by Crippen LogP contribution is -2.24. The van der Waals surface area contributed by atoms with Crippen molar-refractivity contribution in [2.75, 3.05) is 12.4 Å². The van der Waals surface area contributed by atoms with Crippen LogP contribution in [0.25, 0.3) is 0 Å². The van der Waals surface area contributed by atoms with E-state index in [1.54, 1.807) is 26.1 Å². The Hall–Kier alpha value is -1.12. The highest BCUT2D eigenvalue weighted by atomic mass is 19.3. The Morgan fingerprint density at radius 2 is 2.00 bits per heavy atom. The lowest BCUT2D eigenvalue weighted by atomic mass is 9.93. The maximum Gasteiger partial charge on any atom is 0.278 e. The Morgan fingerprint density at radius 1 is 1.33 bits per heavy atom. The van der Waals surface area contributed by atoms with Crippen molar-refractivity contribution < 1.29 is 8.78 Å². The number of halogens is 2. The molecule has 0 saturated heterocycles. The molecule has 1 N–H and O–H groups in total. The van der Waals surface area contributed by atoms with Gasteiger partial charge in [0.05, 0.1) is 0 Å². The van der Waals surface area contributed by atoms with Gasteiger partial charge in [0.1, 0.15) is 0 Å². The van der Waals surface area contributed by atoms with Gasteiger partial charge >= 0.3 is 0 Å². The molecule has 1 aromatic carbocycles. The number of nitrogens with one attached hydrogen (secondary N) is 1. The zero-order valence-electron chi connectivity index (χ0n) is 8.98. The molecule has 2 rings (SSSR count). The first-order valence-corrected chi connectivity index (χ1v) is 5.16. The predicted molar refractivity (Wildman–Crippen MR) is 57.2 cm³/mol. The standard InChI is InChI=1S/C12H15F2N/c1-11(6-7-11)12(13,14)9-4-3-5-10(8-9)15-2/h3-5,8,15H,6-7H2,1-2H3. The Balaban J connectivity index is 2.36. The van der Waals surface area contributed by atoms with Gasteiger partial charge in [0.25, 0.3) is 5.92 Å². The molecule has 82 valence electrons. The molecule has 3 heteroatoms. The fraction of sp³-hybridized carbons (Fsp3) is 0.500. The molecule has 0 radical (unpaired) electrons. The first-order chi connectivity index (χ1) is 6.99. The molecule has 0 aliphatic heterocycles. The van der Waals surface area contributed by atoms with Gasteiger partial charge in [0.15, 0.2) is 0 Å². The van der Waals surface area contributed by atoms with Gasteiger partial charge in [-0.15, -0.1) is 0 Å². The molecule has 1 saturated carbocycles. The molecule has 0 atom stereocenters. The topological polar surface area (TPSA) is 12.0 Å². The molecule has 0 amide bonds. The average molecular weight is 211 g/mol. The highest BCUT2D eigenvalue weighted by Crippen LogP contribution is 2.61. The van der Waals surface area contributed by atoms with Crippen molar-refractivity contribution in [3.05, 3.63) is 29.8 Å². The molecule has 1 nitrogen and oxygen atoms in total. The van der Waals surface area contributed by atoms with Crippen LogP contribution >= 0.6 is 0 Å². The Labute approximate surface area is 88.5 Å². The van der Waals surface area contributed by atoms with Crippen LogP contribution in [-0.4, -0.2) is 7.05 Å². The molecule has 15 heavy (non-hydrogen) atoms. The third kappa shape index (κ3) is 1.60. The minimum absolute atomic E-state index is 0.120. The van der Waals surface area contributed by atoms with Gasteiger partial charge in [-0.05, 0) is 25.0 Å². The van der Waals surface area contributed by atoms with Crippen LogP contribution in [0.5, 0.6) is 0 Å². The third-order valence-corrected chi connectivity index (χ3v) is 3.27. The summed E-state index contributed by atoms with van der Waals surface area (Å²) >= 11 is 0. The molecule has 1 aromatic rings. The largest absolute Gasteiger partial charge is 0.388 e. The van der Waals surface area contributed by atoms with E-state index in [1.807, 2.05) is 0 Å². The van der Waals surface area contributed by atoms with E-state index in [1.165, 1.54) is 12.1 Å². The fourth-order valence-electron chi connectivity index (χ4n) is 1.72. The molecule has 0 unspecified atom stereocenters. The van der Waals surface area contributed by atoms with Crippen LogP contribution in [0.15, 0.2) is 24.3 Å². The van der Waals surface area contributed by atoms with Crippen LogP contribution in [0.4, 0.5) is 14.5 Å². The van der Waals surface area contributed by atoms with Crippen LogP contribution in [0.1, 0.15) is 25.3 Å². The first kappa shape index (κ1) is 10.4. The normalized spacial score (nSPS) is 18.7. The number of benzene rings is 1. The van der Waals surface area contributed by atoms with Gasteiger partial charge in [0, 0.05) is 23.7 Å². The minimum atomic E-state index is -2.71. The summed E-state index contributed by atoms with van der Waals surface area (Å²) < 4.78 is 28.0. The van der Waals surface area contributed by atoms with E-state index in [0.717, 1.165) is 5.69 Å². The van der Waals surface area contributed by atoms with Crippen LogP contribution in [0, 0.1) is 5.41 Å². The van der Waals surface area contributed by atoms with E-state index in [2.05, 4.69) is 5.32 Å². The first-order valence-electron chi connectivity index (χ1n) is 5.16. The number of alkyl halides is 2. The Bertz CT molecular complexity index is 370. The van der Waals surface area contributed by atoms with E-state index in [9.17, 15) is 8.78 Å². The molecule has 1 fully saturated rings. The van der Waals surface area contributed by atoms with Gasteiger partial charge < -0.3 is 5.32 Å². The Morgan fingerprint density at radius 3 is 2.53 bits per heavy atom. The van der Waals surface area contributed by atoms with Crippen LogP contribution in [0.3, 0.4) is 0 Å². The Kier molecular flexibility index (Phi) is 2.21. The van der Waals surface area contributed by atoms with Crippen LogP contribution < -0.4 is 5.32 Å². The highest BCUT2D eigenvalue weighted by Gasteiger charge is 2.58. The van der Waals surface area contributed by atoms with E-state index in [4.69, 9.17) is 0 Å². The average Bonchev–Trinajstić information content (AvgIpc) is 2.98. The number of rotatable bonds is 3. The second kappa shape index (κ2) is 3.19. The number of hydrogen-bond acceptors (Lipinski definition) is 1. The summed E-state index contributed by atoms with van der Waals surface area (Å²) in [6.45, 7) is 1.65. The highest BCUT2D eigenvalue weighted by molar-refractivity contribution is 5.46. The monoisotopic (exact) mass is 211 g/mol. The molecule has 0 spiro atoms. The summed E-state index contributed by atoms with van der Waals surface area (Å²) in [5, 5.41) is 2.88. The molecular weight excluding hydrogens is 196 g/mol. The predicted octanol–water partition coefficient (Wildman–Crippen LogP) is 3.62. The maximum absolute atomic E-state index is 14.0. The van der Waals surface area contributed by atoms with Crippen molar-refractivity contribution in [1.29, 1.82) is 0 Å². The smallest absolute Gasteiger partial charge is 0.278 e. The van der Waals surface area contributed by atoms with Crippen molar-refractivity contribution in [2.45, 2.75) is 25.7 Å². The number of anilines is 1. The second-order valence-corrected chi connectivity index (χ2v) is 4.47. The fourth-order valence-corrected chi connectivity index (χ4v) is 1.72. The quantitative estimate of drug-likeness (QED) is 0.805. The summed E-state index contributed by atoms with van der Waals surface area (Å²) in [6.07, 6.45) is 1.23. The van der Waals surface area contributed by atoms with Crippen molar-refractivity contribution in [2.24, 2.45) is 5.41 Å². The zero-order valence-corrected chi connectivity index (χ0v) is 8.98. The van der Waals surface area contributed by atoms with E-state index < -0.39 is 11.3 Å². The molecule has 1 aliphatic carbocycles. The van der Waals surface area contributed by atoms with Gasteiger partial charge in [-0.2, -0.15) is 0 Å². The molecule has 0 bridgehead atoms. The van der Waals surface area contributed by atoms with Crippen molar-refractivity contribution in [3.63, 3.8) is 0 Å². The molecule has 0 aromatic heterocycles. The van der Waals surface area contributed by atoms with Gasteiger partial charge in [-0.1, -0.05) is 19.1 Å². The van der Waals surface area contributed by atoms with Crippen LogP contribution in [0.2, 0.25) is 0 Å². The summed E-state index contributed by atoms with van der Waals surface area (Å²) in [7, 11) is 1.73. The summed E-state index contributed by atoms with van der Waals surface area (Å²) in [6, 6.07) is 6.49. The van der Waals surface area contributed by atoms with Crippen molar-refractivity contribution >= 4 is 5.69 Å². The van der Waals surface area contributed by atoms with E-state index in [-0.39, 0.29) is 5.56 Å². The van der Waals surface area contributed by atoms with Crippen LogP contribution in [-0.2, 0) is 5.92 Å². The van der Waals surface area contributed by atoms with E-state index >= 15 is 0 Å². The maximum atomic E-state index is 14.0. The van der Waals surface area contributed by atoms with Gasteiger partial charge in [0.2, 0.25) is 0 Å². The third-order valence-electron chi connectivity index (χ3n) is 3.27. The summed E-state index contributed by atoms with van der Waals surface area (Å²) in [4.78, 5) is 0. The summed E-state index contributed by atoms with van der Waals surface area (Å²) in [5.41, 5.74) is 0.0325. The molecule has 0 heterocycles.